The maximum Gasteiger partial charge on any atom is 0.305 e. The molecule has 0 aliphatic heterocycles. The lowest BCUT2D eigenvalue weighted by Gasteiger charge is -2.29. The van der Waals surface area contributed by atoms with E-state index in [0.717, 1.165) is 11.1 Å². The van der Waals surface area contributed by atoms with Crippen molar-refractivity contribution in [1.82, 2.24) is 5.32 Å². The molecule has 0 bridgehead atoms. The van der Waals surface area contributed by atoms with Crippen LogP contribution in [0.25, 0.3) is 0 Å². The Balaban J connectivity index is 3.11. The van der Waals surface area contributed by atoms with E-state index in [-0.39, 0.29) is 6.42 Å². The highest BCUT2D eigenvalue weighted by Gasteiger charge is 2.28. The van der Waals surface area contributed by atoms with Gasteiger partial charge in [0.25, 0.3) is 0 Å². The number of carboxylic acid groups (broad SMARTS) is 1. The molecule has 1 aromatic carbocycles. The maximum absolute atomic E-state index is 10.8. The molecule has 82 valence electrons. The first-order valence-electron chi connectivity index (χ1n) is 4.96. The lowest BCUT2D eigenvalue weighted by molar-refractivity contribution is -0.138. The average molecular weight is 207 g/mol. The van der Waals surface area contributed by atoms with Crippen LogP contribution in [-0.2, 0) is 10.3 Å². The number of hydrogen-bond acceptors (Lipinski definition) is 2. The summed E-state index contributed by atoms with van der Waals surface area (Å²) in [4.78, 5) is 10.8. The summed E-state index contributed by atoms with van der Waals surface area (Å²) < 4.78 is 0. The minimum absolute atomic E-state index is 0.0777. The molecule has 0 fully saturated rings. The first kappa shape index (κ1) is 11.7. The maximum atomic E-state index is 10.8. The summed E-state index contributed by atoms with van der Waals surface area (Å²) >= 11 is 0. The third-order valence-corrected chi connectivity index (χ3v) is 2.80. The van der Waals surface area contributed by atoms with Crippen molar-refractivity contribution in [3.8, 4) is 0 Å². The van der Waals surface area contributed by atoms with E-state index in [1.54, 1.807) is 7.05 Å². The summed E-state index contributed by atoms with van der Waals surface area (Å²) in [6.45, 7) is 3.90. The number of aliphatic carboxylic acids is 1. The number of benzene rings is 1. The van der Waals surface area contributed by atoms with Gasteiger partial charge in [-0.15, -0.1) is 0 Å². The normalized spacial score (nSPS) is 14.6. The van der Waals surface area contributed by atoms with Gasteiger partial charge in [-0.3, -0.25) is 4.79 Å². The van der Waals surface area contributed by atoms with E-state index < -0.39 is 11.5 Å². The van der Waals surface area contributed by atoms with Gasteiger partial charge in [-0.1, -0.05) is 24.3 Å². The summed E-state index contributed by atoms with van der Waals surface area (Å²) in [6.07, 6.45) is 0.0777. The van der Waals surface area contributed by atoms with Crippen LogP contribution in [0.3, 0.4) is 0 Å². The first-order valence-corrected chi connectivity index (χ1v) is 4.96. The van der Waals surface area contributed by atoms with Crippen LogP contribution in [0.5, 0.6) is 0 Å². The fourth-order valence-electron chi connectivity index (χ4n) is 1.81. The van der Waals surface area contributed by atoms with Crippen LogP contribution in [0, 0.1) is 6.92 Å². The van der Waals surface area contributed by atoms with Crippen LogP contribution >= 0.6 is 0 Å². The van der Waals surface area contributed by atoms with E-state index in [9.17, 15) is 4.79 Å². The van der Waals surface area contributed by atoms with Gasteiger partial charge in [0.05, 0.1) is 12.0 Å². The molecule has 0 spiro atoms. The number of carboxylic acids is 1. The van der Waals surface area contributed by atoms with Gasteiger partial charge in [-0.05, 0) is 32.0 Å². The predicted molar refractivity (Wildman–Crippen MR) is 59.8 cm³/mol. The minimum atomic E-state index is -0.796. The summed E-state index contributed by atoms with van der Waals surface area (Å²) in [5.41, 5.74) is 1.64. The van der Waals surface area contributed by atoms with E-state index in [4.69, 9.17) is 5.11 Å². The van der Waals surface area contributed by atoms with Crippen molar-refractivity contribution in [1.29, 1.82) is 0 Å². The first-order chi connectivity index (χ1) is 6.99. The quantitative estimate of drug-likeness (QED) is 0.792. The average Bonchev–Trinajstić information content (AvgIpc) is 2.17. The van der Waals surface area contributed by atoms with Crippen LogP contribution in [0.2, 0.25) is 0 Å². The molecule has 2 N–H and O–H groups in total. The van der Waals surface area contributed by atoms with Gasteiger partial charge >= 0.3 is 5.97 Å². The fourth-order valence-corrected chi connectivity index (χ4v) is 1.81. The van der Waals surface area contributed by atoms with Gasteiger partial charge < -0.3 is 10.4 Å². The standard InChI is InChI=1S/C12H17NO2/c1-9-6-4-5-7-10(9)12(2,13-3)8-11(14)15/h4-7,13H,8H2,1-3H3,(H,14,15). The number of hydrogen-bond donors (Lipinski definition) is 2. The molecule has 0 heterocycles. The van der Waals surface area contributed by atoms with Crippen molar-refractivity contribution in [2.75, 3.05) is 7.05 Å². The molecule has 1 atom stereocenters. The fraction of sp³-hybridized carbons (Fsp3) is 0.417. The van der Waals surface area contributed by atoms with Crippen LogP contribution in [0.4, 0.5) is 0 Å². The molecule has 0 radical (unpaired) electrons. The third kappa shape index (κ3) is 2.57. The smallest absolute Gasteiger partial charge is 0.305 e. The van der Waals surface area contributed by atoms with Crippen molar-refractivity contribution in [3.05, 3.63) is 35.4 Å². The molecular formula is C12H17NO2. The Bertz CT molecular complexity index is 362. The molecule has 3 nitrogen and oxygen atoms in total. The molecule has 1 rings (SSSR count). The molecule has 0 aromatic heterocycles. The van der Waals surface area contributed by atoms with Crippen molar-refractivity contribution in [3.63, 3.8) is 0 Å². The zero-order valence-electron chi connectivity index (χ0n) is 9.37. The van der Waals surface area contributed by atoms with E-state index in [1.807, 2.05) is 38.1 Å². The second-order valence-corrected chi connectivity index (χ2v) is 3.97. The lowest BCUT2D eigenvalue weighted by Crippen LogP contribution is -2.39. The summed E-state index contributed by atoms with van der Waals surface area (Å²) in [6, 6.07) is 7.84. The van der Waals surface area contributed by atoms with Gasteiger partial charge in [0, 0.05) is 0 Å². The van der Waals surface area contributed by atoms with Gasteiger partial charge in [0.1, 0.15) is 0 Å². The highest BCUT2D eigenvalue weighted by atomic mass is 16.4. The van der Waals surface area contributed by atoms with Gasteiger partial charge in [-0.2, -0.15) is 0 Å². The second-order valence-electron chi connectivity index (χ2n) is 3.97. The summed E-state index contributed by atoms with van der Waals surface area (Å²) in [7, 11) is 1.79. The Hall–Kier alpha value is -1.35. The zero-order chi connectivity index (χ0) is 11.5. The molecular weight excluding hydrogens is 190 g/mol. The van der Waals surface area contributed by atoms with E-state index in [1.165, 1.54) is 0 Å². The van der Waals surface area contributed by atoms with Crippen LogP contribution in [-0.4, -0.2) is 18.1 Å². The molecule has 15 heavy (non-hydrogen) atoms. The van der Waals surface area contributed by atoms with E-state index in [0.29, 0.717) is 0 Å². The molecule has 0 amide bonds. The van der Waals surface area contributed by atoms with Crippen LogP contribution < -0.4 is 5.32 Å². The Morgan fingerprint density at radius 1 is 1.47 bits per heavy atom. The van der Waals surface area contributed by atoms with E-state index in [2.05, 4.69) is 5.32 Å². The van der Waals surface area contributed by atoms with Crippen molar-refractivity contribution < 1.29 is 9.90 Å². The van der Waals surface area contributed by atoms with Gasteiger partial charge in [-0.25, -0.2) is 0 Å². The molecule has 1 aromatic rings. The van der Waals surface area contributed by atoms with Crippen LogP contribution in [0.15, 0.2) is 24.3 Å². The Kier molecular flexibility index (Phi) is 3.48. The second kappa shape index (κ2) is 4.45. The SMILES string of the molecule is CNC(C)(CC(=O)O)c1ccccc1C. The minimum Gasteiger partial charge on any atom is -0.481 e. The van der Waals surface area contributed by atoms with Crippen molar-refractivity contribution >= 4 is 5.97 Å². The predicted octanol–water partition coefficient (Wildman–Crippen LogP) is 1.90. The molecule has 0 saturated carbocycles. The summed E-state index contributed by atoms with van der Waals surface area (Å²) in [5, 5.41) is 12.0. The topological polar surface area (TPSA) is 49.3 Å². The van der Waals surface area contributed by atoms with Crippen molar-refractivity contribution in [2.24, 2.45) is 0 Å². The molecule has 0 aliphatic carbocycles. The third-order valence-electron chi connectivity index (χ3n) is 2.80. The highest BCUT2D eigenvalue weighted by Crippen LogP contribution is 2.26. The Morgan fingerprint density at radius 2 is 2.07 bits per heavy atom. The molecule has 0 saturated heterocycles. The number of nitrogens with one attached hydrogen (secondary N) is 1. The van der Waals surface area contributed by atoms with Gasteiger partial charge in [0.15, 0.2) is 0 Å². The number of rotatable bonds is 4. The molecule has 3 heteroatoms. The molecule has 0 aliphatic rings. The highest BCUT2D eigenvalue weighted by molar-refractivity contribution is 5.69. The van der Waals surface area contributed by atoms with Gasteiger partial charge in [0.2, 0.25) is 0 Å². The van der Waals surface area contributed by atoms with E-state index >= 15 is 0 Å². The largest absolute Gasteiger partial charge is 0.481 e. The number of carbonyl (C=O) groups is 1. The number of aryl methyl sites for hydroxylation is 1. The summed E-state index contributed by atoms with van der Waals surface area (Å²) in [5.74, 6) is -0.796. The Morgan fingerprint density at radius 3 is 2.53 bits per heavy atom. The lowest BCUT2D eigenvalue weighted by atomic mass is 9.86. The zero-order valence-corrected chi connectivity index (χ0v) is 9.37. The Labute approximate surface area is 90.1 Å². The molecule has 1 unspecified atom stereocenters. The van der Waals surface area contributed by atoms with Crippen molar-refractivity contribution in [2.45, 2.75) is 25.8 Å². The monoisotopic (exact) mass is 207 g/mol. The van der Waals surface area contributed by atoms with Crippen LogP contribution in [0.1, 0.15) is 24.5 Å².